The molecule has 0 spiro atoms. The van der Waals surface area contributed by atoms with Crippen LogP contribution in [0, 0.1) is 0 Å². The number of aromatic nitrogens is 4. The molecule has 1 aromatic heterocycles. The number of amides is 1. The first kappa shape index (κ1) is 14.1. The molecule has 1 amide bonds. The molecular weight excluding hydrogens is 256 g/mol. The Kier molecular flexibility index (Phi) is 4.09. The van der Waals surface area contributed by atoms with Gasteiger partial charge in [0.25, 0.3) is 0 Å². The summed E-state index contributed by atoms with van der Waals surface area (Å²) in [6, 6.07) is 7.30. The van der Waals surface area contributed by atoms with Crippen molar-refractivity contribution < 1.29 is 4.79 Å². The highest BCUT2D eigenvalue weighted by molar-refractivity contribution is 5.99. The van der Waals surface area contributed by atoms with Crippen LogP contribution in [0.25, 0.3) is 5.69 Å². The molecule has 0 fully saturated rings. The van der Waals surface area contributed by atoms with E-state index in [9.17, 15) is 4.79 Å². The van der Waals surface area contributed by atoms with E-state index in [0.717, 1.165) is 0 Å². The lowest BCUT2D eigenvalue weighted by Crippen LogP contribution is -2.50. The van der Waals surface area contributed by atoms with E-state index in [-0.39, 0.29) is 5.91 Å². The first-order chi connectivity index (χ1) is 9.60. The standard InChI is InChI=1S/C13H18N6O/c1-3-13(14,4-2)12(20)16-10-7-5-6-8-11(10)19-9-15-17-18-19/h5-9H,3-4,14H2,1-2H3,(H,16,20). The van der Waals surface area contributed by atoms with Gasteiger partial charge in [-0.25, -0.2) is 0 Å². The lowest BCUT2D eigenvalue weighted by molar-refractivity contribution is -0.121. The van der Waals surface area contributed by atoms with Gasteiger partial charge in [0.2, 0.25) is 5.91 Å². The minimum Gasteiger partial charge on any atom is -0.323 e. The SMILES string of the molecule is CCC(N)(CC)C(=O)Nc1ccccc1-n1cnnn1. The highest BCUT2D eigenvalue weighted by atomic mass is 16.2. The molecule has 0 bridgehead atoms. The van der Waals surface area contributed by atoms with E-state index in [4.69, 9.17) is 5.73 Å². The van der Waals surface area contributed by atoms with Gasteiger partial charge in [-0.05, 0) is 35.4 Å². The number of tetrazole rings is 1. The van der Waals surface area contributed by atoms with Crippen molar-refractivity contribution in [1.29, 1.82) is 0 Å². The van der Waals surface area contributed by atoms with Crippen LogP contribution < -0.4 is 11.1 Å². The average Bonchev–Trinajstić information content (AvgIpc) is 3.01. The van der Waals surface area contributed by atoms with Crippen LogP contribution in [0.2, 0.25) is 0 Å². The highest BCUT2D eigenvalue weighted by Crippen LogP contribution is 2.21. The van der Waals surface area contributed by atoms with E-state index in [2.05, 4.69) is 20.8 Å². The fourth-order valence-electron chi connectivity index (χ4n) is 1.87. The van der Waals surface area contributed by atoms with Crippen molar-refractivity contribution in [3.05, 3.63) is 30.6 Å². The van der Waals surface area contributed by atoms with Gasteiger partial charge in [0, 0.05) is 0 Å². The largest absolute Gasteiger partial charge is 0.323 e. The lowest BCUT2D eigenvalue weighted by atomic mass is 9.93. The Hall–Kier alpha value is -2.28. The van der Waals surface area contributed by atoms with Gasteiger partial charge in [0.15, 0.2) is 0 Å². The summed E-state index contributed by atoms with van der Waals surface area (Å²) in [6.45, 7) is 3.80. The number of hydrogen-bond donors (Lipinski definition) is 2. The number of carbonyl (C=O) groups excluding carboxylic acids is 1. The van der Waals surface area contributed by atoms with E-state index in [0.29, 0.717) is 24.2 Å². The minimum atomic E-state index is -0.867. The predicted octanol–water partition coefficient (Wildman–Crippen LogP) is 1.12. The quantitative estimate of drug-likeness (QED) is 0.851. The minimum absolute atomic E-state index is 0.206. The van der Waals surface area contributed by atoms with Gasteiger partial charge in [-0.3, -0.25) is 4.79 Å². The smallest absolute Gasteiger partial charge is 0.244 e. The Morgan fingerprint density at radius 1 is 1.35 bits per heavy atom. The van der Waals surface area contributed by atoms with Crippen molar-refractivity contribution >= 4 is 11.6 Å². The monoisotopic (exact) mass is 274 g/mol. The number of carbonyl (C=O) groups is 1. The maximum atomic E-state index is 12.3. The van der Waals surface area contributed by atoms with Gasteiger partial charge >= 0.3 is 0 Å². The molecule has 0 radical (unpaired) electrons. The first-order valence-electron chi connectivity index (χ1n) is 6.53. The van der Waals surface area contributed by atoms with Crippen molar-refractivity contribution in [1.82, 2.24) is 20.2 Å². The molecule has 2 aromatic rings. The highest BCUT2D eigenvalue weighted by Gasteiger charge is 2.30. The molecule has 0 saturated carbocycles. The third-order valence-corrected chi connectivity index (χ3v) is 3.46. The molecule has 1 aromatic carbocycles. The number of nitrogens with zero attached hydrogens (tertiary/aromatic N) is 4. The third kappa shape index (κ3) is 2.67. The van der Waals surface area contributed by atoms with Crippen LogP contribution in [0.3, 0.4) is 0 Å². The number of nitrogens with one attached hydrogen (secondary N) is 1. The number of benzene rings is 1. The zero-order valence-corrected chi connectivity index (χ0v) is 11.6. The fourth-order valence-corrected chi connectivity index (χ4v) is 1.87. The Balaban J connectivity index is 2.29. The van der Waals surface area contributed by atoms with Crippen molar-refractivity contribution in [2.75, 3.05) is 5.32 Å². The Morgan fingerprint density at radius 2 is 2.05 bits per heavy atom. The van der Waals surface area contributed by atoms with Crippen molar-refractivity contribution in [2.24, 2.45) is 5.73 Å². The maximum absolute atomic E-state index is 12.3. The molecule has 0 aliphatic heterocycles. The third-order valence-electron chi connectivity index (χ3n) is 3.46. The normalized spacial score (nSPS) is 11.3. The molecule has 20 heavy (non-hydrogen) atoms. The van der Waals surface area contributed by atoms with E-state index in [1.54, 1.807) is 6.07 Å². The van der Waals surface area contributed by atoms with Crippen LogP contribution in [0.15, 0.2) is 30.6 Å². The molecule has 0 aliphatic carbocycles. The summed E-state index contributed by atoms with van der Waals surface area (Å²) >= 11 is 0. The first-order valence-corrected chi connectivity index (χ1v) is 6.53. The average molecular weight is 274 g/mol. The number of rotatable bonds is 5. The zero-order valence-electron chi connectivity index (χ0n) is 11.6. The Bertz CT molecular complexity index is 576. The van der Waals surface area contributed by atoms with E-state index < -0.39 is 5.54 Å². The second kappa shape index (κ2) is 5.79. The van der Waals surface area contributed by atoms with E-state index in [1.807, 2.05) is 32.0 Å². The van der Waals surface area contributed by atoms with Crippen LogP contribution in [0.5, 0.6) is 0 Å². The molecule has 7 heteroatoms. The fraction of sp³-hybridized carbons (Fsp3) is 0.385. The van der Waals surface area contributed by atoms with Crippen LogP contribution >= 0.6 is 0 Å². The van der Waals surface area contributed by atoms with Gasteiger partial charge < -0.3 is 11.1 Å². The van der Waals surface area contributed by atoms with Crippen molar-refractivity contribution in [3.63, 3.8) is 0 Å². The summed E-state index contributed by atoms with van der Waals surface area (Å²) in [7, 11) is 0. The molecule has 0 atom stereocenters. The van der Waals surface area contributed by atoms with Gasteiger partial charge in [0.1, 0.15) is 6.33 Å². The van der Waals surface area contributed by atoms with Crippen molar-refractivity contribution in [2.45, 2.75) is 32.2 Å². The predicted molar refractivity (Wildman–Crippen MR) is 75.3 cm³/mol. The van der Waals surface area contributed by atoms with E-state index >= 15 is 0 Å². The number of anilines is 1. The summed E-state index contributed by atoms with van der Waals surface area (Å²) in [5.41, 5.74) is 6.55. The summed E-state index contributed by atoms with van der Waals surface area (Å²) in [4.78, 5) is 12.3. The summed E-state index contributed by atoms with van der Waals surface area (Å²) in [5.74, 6) is -0.206. The number of para-hydroxylation sites is 2. The van der Waals surface area contributed by atoms with Crippen LogP contribution in [-0.2, 0) is 4.79 Å². The summed E-state index contributed by atoms with van der Waals surface area (Å²) in [6.07, 6.45) is 2.62. The topological polar surface area (TPSA) is 98.7 Å². The molecule has 2 rings (SSSR count). The summed E-state index contributed by atoms with van der Waals surface area (Å²) in [5, 5.41) is 13.9. The second-order valence-electron chi connectivity index (χ2n) is 4.59. The molecule has 3 N–H and O–H groups in total. The van der Waals surface area contributed by atoms with Crippen molar-refractivity contribution in [3.8, 4) is 5.69 Å². The molecule has 106 valence electrons. The zero-order chi connectivity index (χ0) is 14.6. The molecule has 0 saturated heterocycles. The second-order valence-corrected chi connectivity index (χ2v) is 4.59. The van der Waals surface area contributed by atoms with Gasteiger partial charge in [-0.15, -0.1) is 5.10 Å². The number of nitrogens with two attached hydrogens (primary N) is 1. The molecule has 0 aliphatic rings. The molecule has 7 nitrogen and oxygen atoms in total. The van der Waals surface area contributed by atoms with Gasteiger partial charge in [-0.2, -0.15) is 4.68 Å². The van der Waals surface area contributed by atoms with Gasteiger partial charge in [-0.1, -0.05) is 26.0 Å². The maximum Gasteiger partial charge on any atom is 0.244 e. The molecule has 1 heterocycles. The van der Waals surface area contributed by atoms with Crippen LogP contribution in [0.1, 0.15) is 26.7 Å². The number of hydrogen-bond acceptors (Lipinski definition) is 5. The molecular formula is C13H18N6O. The summed E-state index contributed by atoms with van der Waals surface area (Å²) < 4.78 is 1.49. The lowest BCUT2D eigenvalue weighted by Gasteiger charge is -2.25. The Morgan fingerprint density at radius 3 is 2.65 bits per heavy atom. The van der Waals surface area contributed by atoms with Gasteiger partial charge in [0.05, 0.1) is 16.9 Å². The van der Waals surface area contributed by atoms with Crippen LogP contribution in [0.4, 0.5) is 5.69 Å². The van der Waals surface area contributed by atoms with Crippen LogP contribution in [-0.4, -0.2) is 31.7 Å². The molecule has 0 unspecified atom stereocenters. The Labute approximate surface area is 117 Å². The van der Waals surface area contributed by atoms with E-state index in [1.165, 1.54) is 11.0 Å².